The first-order chi connectivity index (χ1) is 7.65. The summed E-state index contributed by atoms with van der Waals surface area (Å²) in [4.78, 5) is 11.8. The molecule has 0 aliphatic heterocycles. The predicted octanol–water partition coefficient (Wildman–Crippen LogP) is 3.42. The highest BCUT2D eigenvalue weighted by atomic mass is 79.9. The van der Waals surface area contributed by atoms with Crippen molar-refractivity contribution in [1.29, 1.82) is 0 Å². The molecule has 1 rings (SSSR count). The maximum absolute atomic E-state index is 11.8. The van der Waals surface area contributed by atoms with Gasteiger partial charge in [-0.15, -0.1) is 0 Å². The summed E-state index contributed by atoms with van der Waals surface area (Å²) >= 11 is 9.30. The number of methoxy groups -OCH3 is 1. The van der Waals surface area contributed by atoms with E-state index in [-0.39, 0.29) is 0 Å². The van der Waals surface area contributed by atoms with E-state index in [0.29, 0.717) is 33.8 Å². The fourth-order valence-corrected chi connectivity index (χ4v) is 2.30. The SMILES string of the molecule is CCOC(=O)c1c(OC)ccc(Cl)c1CBr. The summed E-state index contributed by atoms with van der Waals surface area (Å²) in [7, 11) is 1.50. The van der Waals surface area contributed by atoms with Crippen LogP contribution in [0.15, 0.2) is 12.1 Å². The summed E-state index contributed by atoms with van der Waals surface area (Å²) < 4.78 is 10.1. The second-order valence-corrected chi connectivity index (χ2v) is 3.93. The Kier molecular flexibility index (Phi) is 5.09. The van der Waals surface area contributed by atoms with Crippen molar-refractivity contribution in [2.24, 2.45) is 0 Å². The van der Waals surface area contributed by atoms with Gasteiger partial charge in [-0.25, -0.2) is 4.79 Å². The Morgan fingerprint density at radius 1 is 1.50 bits per heavy atom. The lowest BCUT2D eigenvalue weighted by Gasteiger charge is -2.12. The summed E-state index contributed by atoms with van der Waals surface area (Å²) in [5.41, 5.74) is 1.06. The van der Waals surface area contributed by atoms with Crippen LogP contribution >= 0.6 is 27.5 Å². The highest BCUT2D eigenvalue weighted by Crippen LogP contribution is 2.31. The van der Waals surface area contributed by atoms with Crippen LogP contribution in [0.25, 0.3) is 0 Å². The summed E-state index contributed by atoms with van der Waals surface area (Å²) in [5, 5.41) is 0.984. The van der Waals surface area contributed by atoms with E-state index in [9.17, 15) is 4.79 Å². The molecule has 0 aromatic heterocycles. The highest BCUT2D eigenvalue weighted by Gasteiger charge is 2.20. The van der Waals surface area contributed by atoms with Crippen molar-refractivity contribution in [3.8, 4) is 5.75 Å². The Balaban J connectivity index is 3.30. The van der Waals surface area contributed by atoms with E-state index in [1.807, 2.05) is 0 Å². The van der Waals surface area contributed by atoms with Crippen LogP contribution < -0.4 is 4.74 Å². The van der Waals surface area contributed by atoms with Gasteiger partial charge in [-0.05, 0) is 24.6 Å². The van der Waals surface area contributed by atoms with Crippen molar-refractivity contribution in [2.45, 2.75) is 12.3 Å². The van der Waals surface area contributed by atoms with Crippen LogP contribution in [0.1, 0.15) is 22.8 Å². The fourth-order valence-electron chi connectivity index (χ4n) is 1.33. The van der Waals surface area contributed by atoms with Gasteiger partial charge in [0.1, 0.15) is 11.3 Å². The monoisotopic (exact) mass is 306 g/mol. The van der Waals surface area contributed by atoms with E-state index >= 15 is 0 Å². The molecule has 0 saturated carbocycles. The lowest BCUT2D eigenvalue weighted by Crippen LogP contribution is -2.10. The van der Waals surface area contributed by atoms with Crippen molar-refractivity contribution in [3.63, 3.8) is 0 Å². The molecular formula is C11H12BrClO3. The zero-order valence-electron chi connectivity index (χ0n) is 9.05. The molecule has 0 bridgehead atoms. The molecule has 0 aliphatic rings. The fraction of sp³-hybridized carbons (Fsp3) is 0.364. The summed E-state index contributed by atoms with van der Waals surface area (Å²) in [6, 6.07) is 3.35. The average molecular weight is 308 g/mol. The minimum absolute atomic E-state index is 0.316. The maximum Gasteiger partial charge on any atom is 0.342 e. The number of hydrogen-bond donors (Lipinski definition) is 0. The van der Waals surface area contributed by atoms with Crippen molar-refractivity contribution < 1.29 is 14.3 Å². The lowest BCUT2D eigenvalue weighted by molar-refractivity contribution is 0.0522. The Labute approximate surface area is 108 Å². The number of carbonyl (C=O) groups excluding carboxylic acids is 1. The van der Waals surface area contributed by atoms with Crippen LogP contribution in [0.4, 0.5) is 0 Å². The van der Waals surface area contributed by atoms with Gasteiger partial charge in [-0.3, -0.25) is 0 Å². The number of halogens is 2. The van der Waals surface area contributed by atoms with E-state index in [1.165, 1.54) is 7.11 Å². The number of ether oxygens (including phenoxy) is 2. The molecule has 0 N–H and O–H groups in total. The molecular weight excluding hydrogens is 295 g/mol. The Bertz CT molecular complexity index is 393. The third kappa shape index (κ3) is 2.68. The van der Waals surface area contributed by atoms with Gasteiger partial charge >= 0.3 is 5.97 Å². The van der Waals surface area contributed by atoms with E-state index < -0.39 is 5.97 Å². The van der Waals surface area contributed by atoms with Gasteiger partial charge < -0.3 is 9.47 Å². The third-order valence-corrected chi connectivity index (χ3v) is 2.97. The molecule has 3 nitrogen and oxygen atoms in total. The summed E-state index contributed by atoms with van der Waals surface area (Å²) in [5.74, 6) is 0.0496. The quantitative estimate of drug-likeness (QED) is 0.631. The number of hydrogen-bond acceptors (Lipinski definition) is 3. The van der Waals surface area contributed by atoms with E-state index in [0.717, 1.165) is 0 Å². The molecule has 16 heavy (non-hydrogen) atoms. The van der Waals surface area contributed by atoms with Crippen LogP contribution in [0.3, 0.4) is 0 Å². The van der Waals surface area contributed by atoms with Crippen LogP contribution in [0.2, 0.25) is 5.02 Å². The highest BCUT2D eigenvalue weighted by molar-refractivity contribution is 9.08. The molecule has 0 heterocycles. The van der Waals surface area contributed by atoms with Crippen molar-refractivity contribution in [1.82, 2.24) is 0 Å². The second kappa shape index (κ2) is 6.11. The van der Waals surface area contributed by atoms with Crippen LogP contribution in [0, 0.1) is 0 Å². The predicted molar refractivity (Wildman–Crippen MR) is 66.6 cm³/mol. The smallest absolute Gasteiger partial charge is 0.342 e. The van der Waals surface area contributed by atoms with E-state index in [2.05, 4.69) is 15.9 Å². The van der Waals surface area contributed by atoms with E-state index in [4.69, 9.17) is 21.1 Å². The number of rotatable bonds is 4. The molecule has 5 heteroatoms. The van der Waals surface area contributed by atoms with Gasteiger partial charge in [-0.1, -0.05) is 27.5 Å². The van der Waals surface area contributed by atoms with Gasteiger partial charge in [0.15, 0.2) is 0 Å². The molecule has 0 atom stereocenters. The van der Waals surface area contributed by atoms with E-state index in [1.54, 1.807) is 19.1 Å². The van der Waals surface area contributed by atoms with Gasteiger partial charge in [0.2, 0.25) is 0 Å². The molecule has 0 amide bonds. The maximum atomic E-state index is 11.8. The van der Waals surface area contributed by atoms with Crippen molar-refractivity contribution in [2.75, 3.05) is 13.7 Å². The molecule has 0 aliphatic carbocycles. The molecule has 0 saturated heterocycles. The first-order valence-corrected chi connectivity index (χ1v) is 6.24. The Morgan fingerprint density at radius 3 is 2.69 bits per heavy atom. The molecule has 0 spiro atoms. The van der Waals surface area contributed by atoms with Gasteiger partial charge in [-0.2, -0.15) is 0 Å². The molecule has 88 valence electrons. The van der Waals surface area contributed by atoms with Gasteiger partial charge in [0.25, 0.3) is 0 Å². The minimum atomic E-state index is -0.420. The molecule has 0 fully saturated rings. The van der Waals surface area contributed by atoms with Crippen LogP contribution in [-0.4, -0.2) is 19.7 Å². The van der Waals surface area contributed by atoms with Crippen LogP contribution in [-0.2, 0) is 10.1 Å². The number of carbonyl (C=O) groups is 1. The van der Waals surface area contributed by atoms with Crippen LogP contribution in [0.5, 0.6) is 5.75 Å². The lowest BCUT2D eigenvalue weighted by atomic mass is 10.1. The minimum Gasteiger partial charge on any atom is -0.496 e. The largest absolute Gasteiger partial charge is 0.496 e. The summed E-state index contributed by atoms with van der Waals surface area (Å²) in [6.07, 6.45) is 0. The molecule has 0 radical (unpaired) electrons. The molecule has 1 aromatic rings. The molecule has 0 unspecified atom stereocenters. The second-order valence-electron chi connectivity index (χ2n) is 2.96. The average Bonchev–Trinajstić information content (AvgIpc) is 2.28. The molecule has 1 aromatic carbocycles. The van der Waals surface area contributed by atoms with Gasteiger partial charge in [0, 0.05) is 10.4 Å². The summed E-state index contributed by atoms with van der Waals surface area (Å²) in [6.45, 7) is 2.07. The Hall–Kier alpha value is -0.740. The number of alkyl halides is 1. The topological polar surface area (TPSA) is 35.5 Å². The first-order valence-electron chi connectivity index (χ1n) is 4.74. The number of esters is 1. The Morgan fingerprint density at radius 2 is 2.19 bits per heavy atom. The van der Waals surface area contributed by atoms with Crippen molar-refractivity contribution >= 4 is 33.5 Å². The zero-order chi connectivity index (χ0) is 12.1. The third-order valence-electron chi connectivity index (χ3n) is 2.05. The van der Waals surface area contributed by atoms with Crippen molar-refractivity contribution in [3.05, 3.63) is 28.3 Å². The van der Waals surface area contributed by atoms with Gasteiger partial charge in [0.05, 0.1) is 13.7 Å². The standard InChI is InChI=1S/C11H12BrClO3/c1-3-16-11(14)10-7(6-12)8(13)4-5-9(10)15-2/h4-5H,3,6H2,1-2H3. The first kappa shape index (κ1) is 13.3. The normalized spacial score (nSPS) is 10.0. The zero-order valence-corrected chi connectivity index (χ0v) is 11.4. The number of benzene rings is 1.